The van der Waals surface area contributed by atoms with E-state index in [4.69, 9.17) is 9.84 Å². The van der Waals surface area contributed by atoms with Gasteiger partial charge in [-0.3, -0.25) is 4.79 Å². The molecule has 1 rings (SSSR count). The number of amides is 1. The first-order valence-corrected chi connectivity index (χ1v) is 7.09. The number of thioether (sulfide) groups is 1. The van der Waals surface area contributed by atoms with Crippen LogP contribution in [0.15, 0.2) is 0 Å². The van der Waals surface area contributed by atoms with Gasteiger partial charge in [0.2, 0.25) is 5.91 Å². The summed E-state index contributed by atoms with van der Waals surface area (Å²) in [6.07, 6.45) is 1.50. The highest BCUT2D eigenvalue weighted by Crippen LogP contribution is 2.19. The van der Waals surface area contributed by atoms with Crippen molar-refractivity contribution in [1.29, 1.82) is 0 Å². The van der Waals surface area contributed by atoms with Crippen LogP contribution in [0.2, 0.25) is 0 Å². The van der Waals surface area contributed by atoms with Crippen LogP contribution in [0.4, 0.5) is 0 Å². The van der Waals surface area contributed by atoms with E-state index in [1.54, 1.807) is 11.8 Å². The highest BCUT2D eigenvalue weighted by atomic mass is 32.2. The van der Waals surface area contributed by atoms with Crippen LogP contribution in [0.3, 0.4) is 0 Å². The van der Waals surface area contributed by atoms with E-state index < -0.39 is 18.2 Å². The number of nitrogens with one attached hydrogen (secondary N) is 1. The molecule has 0 radical (unpaired) electrons. The first kappa shape index (κ1) is 14.3. The van der Waals surface area contributed by atoms with Gasteiger partial charge in [-0.25, -0.2) is 4.79 Å². The Morgan fingerprint density at radius 1 is 1.47 bits per heavy atom. The zero-order chi connectivity index (χ0) is 12.8. The van der Waals surface area contributed by atoms with E-state index in [0.29, 0.717) is 25.3 Å². The van der Waals surface area contributed by atoms with Crippen LogP contribution < -0.4 is 5.32 Å². The molecule has 5 nitrogen and oxygen atoms in total. The number of hydrogen-bond acceptors (Lipinski definition) is 4. The Bertz CT molecular complexity index is 285. The average Bonchev–Trinajstić information content (AvgIpc) is 2.75. The predicted octanol–water partition coefficient (Wildman–Crippen LogP) is 0.734. The van der Waals surface area contributed by atoms with Crippen LogP contribution in [-0.4, -0.2) is 47.7 Å². The number of carbonyl (C=O) groups excluding carboxylic acids is 1. The lowest BCUT2D eigenvalue weighted by Crippen LogP contribution is -2.38. The summed E-state index contributed by atoms with van der Waals surface area (Å²) in [6, 6.07) is 0. The molecule has 0 bridgehead atoms. The topological polar surface area (TPSA) is 75.6 Å². The molecule has 1 aliphatic rings. The highest BCUT2D eigenvalue weighted by molar-refractivity contribution is 7.98. The molecule has 1 saturated heterocycles. The average molecular weight is 261 g/mol. The maximum atomic E-state index is 11.7. The second kappa shape index (κ2) is 6.86. The van der Waals surface area contributed by atoms with Gasteiger partial charge in [-0.05, 0) is 30.8 Å². The molecule has 0 aromatic heterocycles. The zero-order valence-electron chi connectivity index (χ0n) is 10.1. The predicted molar refractivity (Wildman–Crippen MR) is 66.1 cm³/mol. The van der Waals surface area contributed by atoms with Crippen molar-refractivity contribution in [3.63, 3.8) is 0 Å². The number of carboxylic acid groups (broad SMARTS) is 1. The summed E-state index contributed by atoms with van der Waals surface area (Å²) in [5, 5.41) is 11.5. The van der Waals surface area contributed by atoms with Crippen LogP contribution in [0, 0.1) is 5.92 Å². The third-order valence-electron chi connectivity index (χ3n) is 2.66. The normalized spacial score (nSPS) is 25.5. The number of rotatable bonds is 6. The van der Waals surface area contributed by atoms with Crippen LogP contribution in [0.1, 0.15) is 19.8 Å². The van der Waals surface area contributed by atoms with Crippen molar-refractivity contribution in [1.82, 2.24) is 5.32 Å². The maximum absolute atomic E-state index is 11.7. The van der Waals surface area contributed by atoms with Crippen LogP contribution in [0.25, 0.3) is 0 Å². The van der Waals surface area contributed by atoms with Gasteiger partial charge in [0.1, 0.15) is 6.10 Å². The van der Waals surface area contributed by atoms with E-state index in [-0.39, 0.29) is 5.91 Å². The Kier molecular flexibility index (Phi) is 5.77. The van der Waals surface area contributed by atoms with Gasteiger partial charge in [-0.15, -0.1) is 0 Å². The molecular weight excluding hydrogens is 242 g/mol. The molecule has 1 amide bonds. The highest BCUT2D eigenvalue weighted by Gasteiger charge is 2.34. The third kappa shape index (κ3) is 4.55. The first-order chi connectivity index (χ1) is 8.04. The van der Waals surface area contributed by atoms with Gasteiger partial charge in [0.05, 0.1) is 0 Å². The molecular formula is C11H19NO4S. The molecule has 98 valence electrons. The number of ether oxygens (including phenoxy) is 1. The smallest absolute Gasteiger partial charge is 0.332 e. The van der Waals surface area contributed by atoms with Gasteiger partial charge >= 0.3 is 5.97 Å². The molecule has 1 fully saturated rings. The largest absolute Gasteiger partial charge is 0.479 e. The van der Waals surface area contributed by atoms with Crippen molar-refractivity contribution in [3.8, 4) is 0 Å². The second-order valence-corrected chi connectivity index (χ2v) is 5.25. The van der Waals surface area contributed by atoms with Crippen LogP contribution in [-0.2, 0) is 14.3 Å². The molecule has 3 unspecified atom stereocenters. The molecule has 0 aliphatic carbocycles. The summed E-state index contributed by atoms with van der Waals surface area (Å²) in [5.41, 5.74) is 0. The van der Waals surface area contributed by atoms with Crippen LogP contribution in [0.5, 0.6) is 0 Å². The Hall–Kier alpha value is -0.750. The van der Waals surface area contributed by atoms with Crippen molar-refractivity contribution < 1.29 is 19.4 Å². The fourth-order valence-corrected chi connectivity index (χ4v) is 2.43. The summed E-state index contributed by atoms with van der Waals surface area (Å²) < 4.78 is 5.16. The minimum absolute atomic E-state index is 0.193. The number of hydrogen-bond donors (Lipinski definition) is 2. The summed E-state index contributed by atoms with van der Waals surface area (Å²) >= 11 is 1.74. The molecule has 3 atom stereocenters. The third-order valence-corrected chi connectivity index (χ3v) is 3.57. The van der Waals surface area contributed by atoms with Gasteiger partial charge in [-0.1, -0.05) is 6.92 Å². The quantitative estimate of drug-likeness (QED) is 0.737. The van der Waals surface area contributed by atoms with E-state index in [2.05, 4.69) is 12.2 Å². The van der Waals surface area contributed by atoms with E-state index in [1.165, 1.54) is 0 Å². The first-order valence-electron chi connectivity index (χ1n) is 5.69. The van der Waals surface area contributed by atoms with Crippen molar-refractivity contribution in [2.75, 3.05) is 18.6 Å². The Labute approximate surface area is 105 Å². The molecule has 1 aliphatic heterocycles. The summed E-state index contributed by atoms with van der Waals surface area (Å²) in [7, 11) is 0. The fourth-order valence-electron chi connectivity index (χ4n) is 1.74. The van der Waals surface area contributed by atoms with E-state index in [9.17, 15) is 9.59 Å². The van der Waals surface area contributed by atoms with Gasteiger partial charge in [0.15, 0.2) is 6.10 Å². The second-order valence-electron chi connectivity index (χ2n) is 4.33. The Balaban J connectivity index is 2.27. The number of carbonyl (C=O) groups is 2. The number of aliphatic carboxylic acids is 1. The van der Waals surface area contributed by atoms with Crippen molar-refractivity contribution in [2.45, 2.75) is 32.0 Å². The minimum Gasteiger partial charge on any atom is -0.479 e. The molecule has 0 saturated carbocycles. The fraction of sp³-hybridized carbons (Fsp3) is 0.818. The SMILES string of the molecule is CSCC(C)CNC(=O)C1CCC(C(=O)O)O1. The maximum Gasteiger partial charge on any atom is 0.332 e. The van der Waals surface area contributed by atoms with E-state index >= 15 is 0 Å². The van der Waals surface area contributed by atoms with Crippen LogP contribution >= 0.6 is 11.8 Å². The lowest BCUT2D eigenvalue weighted by Gasteiger charge is -2.14. The van der Waals surface area contributed by atoms with E-state index in [0.717, 1.165) is 5.75 Å². The van der Waals surface area contributed by atoms with Crippen molar-refractivity contribution in [3.05, 3.63) is 0 Å². The Morgan fingerprint density at radius 3 is 2.65 bits per heavy atom. The van der Waals surface area contributed by atoms with Gasteiger partial charge in [0.25, 0.3) is 0 Å². The van der Waals surface area contributed by atoms with E-state index in [1.807, 2.05) is 6.26 Å². The number of carboxylic acids is 1. The molecule has 1 heterocycles. The van der Waals surface area contributed by atoms with Crippen molar-refractivity contribution in [2.24, 2.45) is 5.92 Å². The molecule has 17 heavy (non-hydrogen) atoms. The summed E-state index contributed by atoms with van der Waals surface area (Å²) in [4.78, 5) is 22.3. The molecule has 0 aromatic carbocycles. The van der Waals surface area contributed by atoms with Gasteiger partial charge in [-0.2, -0.15) is 11.8 Å². The Morgan fingerprint density at radius 2 is 2.12 bits per heavy atom. The molecule has 0 aromatic rings. The summed E-state index contributed by atoms with van der Waals surface area (Å²) in [6.45, 7) is 2.67. The lowest BCUT2D eigenvalue weighted by molar-refractivity contribution is -0.151. The lowest BCUT2D eigenvalue weighted by atomic mass is 10.1. The monoisotopic (exact) mass is 261 g/mol. The molecule has 0 spiro atoms. The van der Waals surface area contributed by atoms with Gasteiger partial charge < -0.3 is 15.2 Å². The molecule has 6 heteroatoms. The van der Waals surface area contributed by atoms with Gasteiger partial charge in [0, 0.05) is 6.54 Å². The standard InChI is InChI=1S/C11H19NO4S/c1-7(6-17-2)5-12-10(13)8-3-4-9(16-8)11(14)15/h7-9H,3-6H2,1-2H3,(H,12,13)(H,14,15). The summed E-state index contributed by atoms with van der Waals surface area (Å²) in [5.74, 6) is 0.215. The van der Waals surface area contributed by atoms with Crippen molar-refractivity contribution >= 4 is 23.6 Å². The zero-order valence-corrected chi connectivity index (χ0v) is 11.0. The minimum atomic E-state index is -0.990. The molecule has 2 N–H and O–H groups in total.